The first-order valence-corrected chi connectivity index (χ1v) is 7.12. The average molecular weight is 290 g/mol. The van der Waals surface area contributed by atoms with Crippen molar-refractivity contribution in [3.63, 3.8) is 0 Å². The van der Waals surface area contributed by atoms with Crippen molar-refractivity contribution in [1.29, 1.82) is 0 Å². The number of amides is 2. The molecule has 1 fully saturated rings. The van der Waals surface area contributed by atoms with E-state index in [0.717, 1.165) is 5.82 Å². The van der Waals surface area contributed by atoms with Gasteiger partial charge in [0.25, 0.3) is 0 Å². The molecule has 0 saturated carbocycles. The molecule has 2 heterocycles. The fourth-order valence-electron chi connectivity index (χ4n) is 2.38. The highest BCUT2D eigenvalue weighted by Gasteiger charge is 2.35. The molecule has 1 saturated heterocycles. The summed E-state index contributed by atoms with van der Waals surface area (Å²) >= 11 is 0. The van der Waals surface area contributed by atoms with E-state index in [4.69, 9.17) is 0 Å². The quantitative estimate of drug-likeness (QED) is 0.909. The molecule has 1 atom stereocenters. The van der Waals surface area contributed by atoms with E-state index in [9.17, 15) is 9.59 Å². The Hall–Kier alpha value is -2.11. The normalized spacial score (nSPS) is 18.2. The van der Waals surface area contributed by atoms with Crippen LogP contribution >= 0.6 is 0 Å². The van der Waals surface area contributed by atoms with Crippen LogP contribution in [0.5, 0.6) is 0 Å². The van der Waals surface area contributed by atoms with Crippen LogP contribution in [-0.4, -0.2) is 48.4 Å². The Balaban J connectivity index is 1.97. The molecule has 1 aromatic heterocycles. The van der Waals surface area contributed by atoms with E-state index in [2.05, 4.69) is 10.3 Å². The van der Waals surface area contributed by atoms with Crippen LogP contribution in [0.4, 0.5) is 11.5 Å². The minimum Gasteiger partial charge on any atom is -0.363 e. The van der Waals surface area contributed by atoms with E-state index in [0.29, 0.717) is 12.2 Å². The SMILES string of the molecule is CC(C)N1CC(C(=O)Nc2ccc(N(C)C)nc2)CC1=O. The number of nitrogens with zero attached hydrogens (tertiary/aromatic N) is 3. The third-order valence-corrected chi connectivity index (χ3v) is 3.63. The number of hydrogen-bond acceptors (Lipinski definition) is 4. The topological polar surface area (TPSA) is 65.5 Å². The van der Waals surface area contributed by atoms with Gasteiger partial charge in [0.05, 0.1) is 17.8 Å². The average Bonchev–Trinajstić information content (AvgIpc) is 2.81. The van der Waals surface area contributed by atoms with Crippen LogP contribution in [0, 0.1) is 5.92 Å². The van der Waals surface area contributed by atoms with E-state index in [1.165, 1.54) is 0 Å². The Morgan fingerprint density at radius 1 is 1.43 bits per heavy atom. The van der Waals surface area contributed by atoms with Gasteiger partial charge in [-0.1, -0.05) is 0 Å². The van der Waals surface area contributed by atoms with Gasteiger partial charge in [0.2, 0.25) is 11.8 Å². The van der Waals surface area contributed by atoms with Gasteiger partial charge in [-0.25, -0.2) is 4.98 Å². The Bertz CT molecular complexity index is 525. The van der Waals surface area contributed by atoms with Crippen molar-refractivity contribution < 1.29 is 9.59 Å². The lowest BCUT2D eigenvalue weighted by molar-refractivity contribution is -0.129. The highest BCUT2D eigenvalue weighted by molar-refractivity contribution is 5.97. The molecular weight excluding hydrogens is 268 g/mol. The maximum Gasteiger partial charge on any atom is 0.229 e. The van der Waals surface area contributed by atoms with Gasteiger partial charge in [-0.3, -0.25) is 9.59 Å². The van der Waals surface area contributed by atoms with Crippen molar-refractivity contribution in [3.05, 3.63) is 18.3 Å². The zero-order chi connectivity index (χ0) is 15.6. The maximum absolute atomic E-state index is 12.2. The van der Waals surface area contributed by atoms with Gasteiger partial charge in [-0.2, -0.15) is 0 Å². The third kappa shape index (κ3) is 3.51. The molecule has 0 aromatic carbocycles. The van der Waals surface area contributed by atoms with Gasteiger partial charge in [0.1, 0.15) is 5.82 Å². The maximum atomic E-state index is 12.2. The Kier molecular flexibility index (Phi) is 4.45. The number of carbonyl (C=O) groups is 2. The summed E-state index contributed by atoms with van der Waals surface area (Å²) in [6, 6.07) is 3.80. The largest absolute Gasteiger partial charge is 0.363 e. The smallest absolute Gasteiger partial charge is 0.229 e. The number of likely N-dealkylation sites (tertiary alicyclic amines) is 1. The van der Waals surface area contributed by atoms with Gasteiger partial charge in [0, 0.05) is 33.1 Å². The van der Waals surface area contributed by atoms with Crippen LogP contribution in [0.15, 0.2) is 18.3 Å². The van der Waals surface area contributed by atoms with Crippen molar-refractivity contribution in [1.82, 2.24) is 9.88 Å². The molecule has 2 rings (SSSR count). The molecule has 1 N–H and O–H groups in total. The molecule has 1 aromatic rings. The summed E-state index contributed by atoms with van der Waals surface area (Å²) in [6.45, 7) is 4.41. The molecule has 6 heteroatoms. The molecule has 1 aliphatic rings. The monoisotopic (exact) mass is 290 g/mol. The molecule has 0 bridgehead atoms. The van der Waals surface area contributed by atoms with Crippen molar-refractivity contribution in [2.75, 3.05) is 30.9 Å². The number of hydrogen-bond donors (Lipinski definition) is 1. The second-order valence-corrected chi connectivity index (χ2v) is 5.83. The minimum atomic E-state index is -0.284. The van der Waals surface area contributed by atoms with Crippen molar-refractivity contribution in [2.24, 2.45) is 5.92 Å². The lowest BCUT2D eigenvalue weighted by Crippen LogP contribution is -2.33. The van der Waals surface area contributed by atoms with Crippen LogP contribution in [0.3, 0.4) is 0 Å². The minimum absolute atomic E-state index is 0.0474. The predicted octanol–water partition coefficient (Wildman–Crippen LogP) is 1.34. The summed E-state index contributed by atoms with van der Waals surface area (Å²) < 4.78 is 0. The predicted molar refractivity (Wildman–Crippen MR) is 82.1 cm³/mol. The van der Waals surface area contributed by atoms with Crippen LogP contribution < -0.4 is 10.2 Å². The fraction of sp³-hybridized carbons (Fsp3) is 0.533. The molecule has 114 valence electrons. The molecule has 6 nitrogen and oxygen atoms in total. The number of anilines is 2. The molecule has 1 unspecified atom stereocenters. The van der Waals surface area contributed by atoms with E-state index in [-0.39, 0.29) is 30.2 Å². The zero-order valence-corrected chi connectivity index (χ0v) is 13.0. The highest BCUT2D eigenvalue weighted by Crippen LogP contribution is 2.22. The van der Waals surface area contributed by atoms with Gasteiger partial charge in [-0.05, 0) is 26.0 Å². The van der Waals surface area contributed by atoms with Crippen LogP contribution in [-0.2, 0) is 9.59 Å². The molecular formula is C15H22N4O2. The highest BCUT2D eigenvalue weighted by atomic mass is 16.2. The summed E-state index contributed by atoms with van der Waals surface area (Å²) in [5.74, 6) is 0.473. The second-order valence-electron chi connectivity index (χ2n) is 5.83. The van der Waals surface area contributed by atoms with Crippen LogP contribution in [0.1, 0.15) is 20.3 Å². The van der Waals surface area contributed by atoms with E-state index in [1.54, 1.807) is 11.1 Å². The van der Waals surface area contributed by atoms with Gasteiger partial charge >= 0.3 is 0 Å². The molecule has 21 heavy (non-hydrogen) atoms. The molecule has 0 spiro atoms. The summed E-state index contributed by atoms with van der Waals surface area (Å²) in [6.07, 6.45) is 1.91. The summed E-state index contributed by atoms with van der Waals surface area (Å²) in [4.78, 5) is 31.9. The fourth-order valence-corrected chi connectivity index (χ4v) is 2.38. The number of carbonyl (C=O) groups excluding carboxylic acids is 2. The third-order valence-electron chi connectivity index (χ3n) is 3.63. The van der Waals surface area contributed by atoms with Crippen molar-refractivity contribution in [2.45, 2.75) is 26.3 Å². The zero-order valence-electron chi connectivity index (χ0n) is 13.0. The van der Waals surface area contributed by atoms with E-state index >= 15 is 0 Å². The standard InChI is InChI=1S/C15H22N4O2/c1-10(2)19-9-11(7-14(19)20)15(21)17-12-5-6-13(16-8-12)18(3)4/h5-6,8,10-11H,7,9H2,1-4H3,(H,17,21). The molecule has 1 aliphatic heterocycles. The summed E-state index contributed by atoms with van der Waals surface area (Å²) in [5, 5.41) is 2.83. The molecule has 0 radical (unpaired) electrons. The first-order chi connectivity index (χ1) is 9.88. The van der Waals surface area contributed by atoms with Crippen molar-refractivity contribution in [3.8, 4) is 0 Å². The Morgan fingerprint density at radius 2 is 2.14 bits per heavy atom. The van der Waals surface area contributed by atoms with Gasteiger partial charge < -0.3 is 15.1 Å². The number of nitrogens with one attached hydrogen (secondary N) is 1. The molecule has 2 amide bonds. The van der Waals surface area contributed by atoms with E-state index in [1.807, 2.05) is 45.0 Å². The lowest BCUT2D eigenvalue weighted by Gasteiger charge is -2.20. The first-order valence-electron chi connectivity index (χ1n) is 7.12. The van der Waals surface area contributed by atoms with Crippen LogP contribution in [0.2, 0.25) is 0 Å². The lowest BCUT2D eigenvalue weighted by atomic mass is 10.1. The van der Waals surface area contributed by atoms with Crippen molar-refractivity contribution >= 4 is 23.3 Å². The van der Waals surface area contributed by atoms with E-state index < -0.39 is 0 Å². The van der Waals surface area contributed by atoms with Gasteiger partial charge in [0.15, 0.2) is 0 Å². The Morgan fingerprint density at radius 3 is 2.62 bits per heavy atom. The summed E-state index contributed by atoms with van der Waals surface area (Å²) in [5.41, 5.74) is 0.654. The Labute approximate surface area is 125 Å². The number of aromatic nitrogens is 1. The molecule has 0 aliphatic carbocycles. The number of pyridine rings is 1. The first kappa shape index (κ1) is 15.3. The van der Waals surface area contributed by atoms with Crippen LogP contribution in [0.25, 0.3) is 0 Å². The second kappa shape index (κ2) is 6.11. The number of rotatable bonds is 4. The summed E-state index contributed by atoms with van der Waals surface area (Å²) in [7, 11) is 3.82. The van der Waals surface area contributed by atoms with Gasteiger partial charge in [-0.15, -0.1) is 0 Å².